The summed E-state index contributed by atoms with van der Waals surface area (Å²) in [5, 5.41) is 3.52. The van der Waals surface area contributed by atoms with Gasteiger partial charge in [-0.2, -0.15) is 4.98 Å². The second-order valence-electron chi connectivity index (χ2n) is 5.31. The third-order valence-electron chi connectivity index (χ3n) is 4.12. The Labute approximate surface area is 109 Å². The number of nitrogen functional groups attached to an aromatic ring is 1. The first-order valence-electron chi connectivity index (χ1n) is 6.69. The number of nitrogens with one attached hydrogen (secondary N) is 1. The molecule has 1 aliphatic rings. The molecule has 2 rings (SSSR count). The van der Waals surface area contributed by atoms with Crippen molar-refractivity contribution in [3.05, 3.63) is 12.1 Å². The van der Waals surface area contributed by atoms with Gasteiger partial charge in [-0.15, -0.1) is 0 Å². The molecule has 1 heterocycles. The van der Waals surface area contributed by atoms with Crippen LogP contribution in [-0.2, 0) is 0 Å². The van der Waals surface area contributed by atoms with Crippen LogP contribution < -0.4 is 15.8 Å². The quantitative estimate of drug-likeness (QED) is 0.864. The van der Waals surface area contributed by atoms with Gasteiger partial charge < -0.3 is 15.8 Å². The van der Waals surface area contributed by atoms with Crippen molar-refractivity contribution >= 4 is 11.5 Å². The van der Waals surface area contributed by atoms with Crippen LogP contribution in [0.2, 0.25) is 0 Å². The molecule has 1 aliphatic carbocycles. The lowest BCUT2D eigenvalue weighted by Gasteiger charge is -2.35. The summed E-state index contributed by atoms with van der Waals surface area (Å²) in [7, 11) is 1.59. The normalized spacial score (nSPS) is 27.8. The minimum Gasteiger partial charge on any atom is -0.479 e. The summed E-state index contributed by atoms with van der Waals surface area (Å²) in [6.07, 6.45) is 3.83. The van der Waals surface area contributed by atoms with Crippen LogP contribution in [-0.4, -0.2) is 18.1 Å². The molecule has 4 nitrogen and oxygen atoms in total. The summed E-state index contributed by atoms with van der Waals surface area (Å²) < 4.78 is 5.15. The average molecular weight is 249 g/mol. The zero-order valence-corrected chi connectivity index (χ0v) is 11.4. The number of nitrogens with zero attached hydrogens (tertiary/aromatic N) is 1. The summed E-state index contributed by atoms with van der Waals surface area (Å²) >= 11 is 0. The maximum atomic E-state index is 5.77. The fourth-order valence-electron chi connectivity index (χ4n) is 2.67. The van der Waals surface area contributed by atoms with E-state index in [0.717, 1.165) is 11.7 Å². The van der Waals surface area contributed by atoms with Crippen LogP contribution in [0.5, 0.6) is 5.88 Å². The fraction of sp³-hybridized carbons (Fsp3) is 0.643. The molecular weight excluding hydrogens is 226 g/mol. The molecule has 0 aliphatic heterocycles. The van der Waals surface area contributed by atoms with Gasteiger partial charge in [-0.1, -0.05) is 26.7 Å². The van der Waals surface area contributed by atoms with E-state index in [2.05, 4.69) is 24.1 Å². The Morgan fingerprint density at radius 1 is 1.33 bits per heavy atom. The van der Waals surface area contributed by atoms with Crippen LogP contribution in [0.25, 0.3) is 0 Å². The van der Waals surface area contributed by atoms with Crippen molar-refractivity contribution in [3.63, 3.8) is 0 Å². The Bertz CT molecular complexity index is 408. The molecule has 3 unspecified atom stereocenters. The lowest BCUT2D eigenvalue weighted by atomic mass is 9.78. The highest BCUT2D eigenvalue weighted by Gasteiger charge is 2.27. The first kappa shape index (κ1) is 13.0. The van der Waals surface area contributed by atoms with E-state index in [1.165, 1.54) is 19.3 Å². The van der Waals surface area contributed by atoms with Gasteiger partial charge in [0.1, 0.15) is 5.82 Å². The minimum absolute atomic E-state index is 0.495. The molecule has 3 N–H and O–H groups in total. The molecule has 4 heteroatoms. The first-order valence-corrected chi connectivity index (χ1v) is 6.69. The average Bonchev–Trinajstić information content (AvgIpc) is 2.37. The Morgan fingerprint density at radius 2 is 2.11 bits per heavy atom. The SMILES string of the molecule is COc1nc(NC2CCCC(C)C2C)ccc1N. The van der Waals surface area contributed by atoms with E-state index in [-0.39, 0.29) is 0 Å². The number of hydrogen-bond donors (Lipinski definition) is 2. The van der Waals surface area contributed by atoms with Crippen molar-refractivity contribution in [2.24, 2.45) is 11.8 Å². The van der Waals surface area contributed by atoms with Gasteiger partial charge in [0, 0.05) is 6.04 Å². The van der Waals surface area contributed by atoms with Crippen LogP contribution in [0, 0.1) is 11.8 Å². The second kappa shape index (κ2) is 5.46. The molecule has 0 radical (unpaired) electrons. The van der Waals surface area contributed by atoms with E-state index in [1.54, 1.807) is 7.11 Å². The largest absolute Gasteiger partial charge is 0.479 e. The van der Waals surface area contributed by atoms with Crippen molar-refractivity contribution in [3.8, 4) is 5.88 Å². The van der Waals surface area contributed by atoms with Crippen molar-refractivity contribution in [2.75, 3.05) is 18.2 Å². The van der Waals surface area contributed by atoms with E-state index in [4.69, 9.17) is 10.5 Å². The fourth-order valence-corrected chi connectivity index (χ4v) is 2.67. The van der Waals surface area contributed by atoms with Gasteiger partial charge in [0.15, 0.2) is 0 Å². The third-order valence-corrected chi connectivity index (χ3v) is 4.12. The third kappa shape index (κ3) is 2.68. The van der Waals surface area contributed by atoms with Crippen molar-refractivity contribution in [1.82, 2.24) is 4.98 Å². The lowest BCUT2D eigenvalue weighted by Crippen LogP contribution is -2.35. The number of nitrogens with two attached hydrogens (primary N) is 1. The Morgan fingerprint density at radius 3 is 2.83 bits per heavy atom. The Balaban J connectivity index is 2.09. The topological polar surface area (TPSA) is 60.2 Å². The molecule has 0 saturated heterocycles. The Kier molecular flexibility index (Phi) is 3.94. The maximum Gasteiger partial charge on any atom is 0.238 e. The van der Waals surface area contributed by atoms with E-state index in [0.29, 0.717) is 23.5 Å². The molecule has 0 amide bonds. The zero-order chi connectivity index (χ0) is 13.1. The van der Waals surface area contributed by atoms with Crippen LogP contribution in [0.4, 0.5) is 11.5 Å². The van der Waals surface area contributed by atoms with Crippen LogP contribution in [0.15, 0.2) is 12.1 Å². The minimum atomic E-state index is 0.495. The predicted octanol–water partition coefficient (Wildman–Crippen LogP) is 2.91. The number of pyridine rings is 1. The molecule has 0 spiro atoms. The zero-order valence-electron chi connectivity index (χ0n) is 11.4. The Hall–Kier alpha value is -1.45. The lowest BCUT2D eigenvalue weighted by molar-refractivity contribution is 0.252. The van der Waals surface area contributed by atoms with E-state index >= 15 is 0 Å². The molecule has 3 atom stereocenters. The standard InChI is InChI=1S/C14H23N3O/c1-9-5-4-6-12(10(9)2)16-13-8-7-11(15)14(17-13)18-3/h7-10,12H,4-6,15H2,1-3H3,(H,16,17). The molecule has 1 fully saturated rings. The maximum absolute atomic E-state index is 5.77. The molecule has 0 aromatic carbocycles. The van der Waals surface area contributed by atoms with Gasteiger partial charge in [-0.3, -0.25) is 0 Å². The predicted molar refractivity (Wildman–Crippen MR) is 74.8 cm³/mol. The van der Waals surface area contributed by atoms with Crippen LogP contribution in [0.1, 0.15) is 33.1 Å². The summed E-state index contributed by atoms with van der Waals surface area (Å²) in [4.78, 5) is 4.39. The number of methoxy groups -OCH3 is 1. The van der Waals surface area contributed by atoms with E-state index in [9.17, 15) is 0 Å². The molecule has 1 saturated carbocycles. The molecule has 18 heavy (non-hydrogen) atoms. The summed E-state index contributed by atoms with van der Waals surface area (Å²) in [5.74, 6) is 2.79. The first-order chi connectivity index (χ1) is 8.61. The summed E-state index contributed by atoms with van der Waals surface area (Å²) in [6, 6.07) is 4.25. The highest BCUT2D eigenvalue weighted by atomic mass is 16.5. The number of hydrogen-bond acceptors (Lipinski definition) is 4. The molecule has 0 bridgehead atoms. The van der Waals surface area contributed by atoms with Gasteiger partial charge >= 0.3 is 0 Å². The molecular formula is C14H23N3O. The van der Waals surface area contributed by atoms with Gasteiger partial charge in [-0.05, 0) is 30.4 Å². The molecule has 100 valence electrons. The number of aromatic nitrogens is 1. The summed E-state index contributed by atoms with van der Waals surface area (Å²) in [6.45, 7) is 4.64. The number of anilines is 2. The molecule has 1 aromatic heterocycles. The van der Waals surface area contributed by atoms with Crippen molar-refractivity contribution in [1.29, 1.82) is 0 Å². The van der Waals surface area contributed by atoms with Gasteiger partial charge in [-0.25, -0.2) is 0 Å². The van der Waals surface area contributed by atoms with Gasteiger partial charge in [0.2, 0.25) is 5.88 Å². The highest BCUT2D eigenvalue weighted by molar-refractivity contribution is 5.53. The molecule has 1 aromatic rings. The summed E-state index contributed by atoms with van der Waals surface area (Å²) in [5.41, 5.74) is 6.34. The van der Waals surface area contributed by atoms with Gasteiger partial charge in [0.05, 0.1) is 12.8 Å². The number of rotatable bonds is 3. The van der Waals surface area contributed by atoms with E-state index in [1.807, 2.05) is 12.1 Å². The number of ether oxygens (including phenoxy) is 1. The van der Waals surface area contributed by atoms with Crippen molar-refractivity contribution < 1.29 is 4.74 Å². The van der Waals surface area contributed by atoms with Gasteiger partial charge in [0.25, 0.3) is 0 Å². The highest BCUT2D eigenvalue weighted by Crippen LogP contribution is 2.32. The van der Waals surface area contributed by atoms with E-state index < -0.39 is 0 Å². The van der Waals surface area contributed by atoms with Crippen molar-refractivity contribution in [2.45, 2.75) is 39.2 Å². The van der Waals surface area contributed by atoms with Crippen LogP contribution in [0.3, 0.4) is 0 Å². The second-order valence-corrected chi connectivity index (χ2v) is 5.31. The van der Waals surface area contributed by atoms with Crippen LogP contribution >= 0.6 is 0 Å². The monoisotopic (exact) mass is 249 g/mol. The smallest absolute Gasteiger partial charge is 0.238 e.